The fraction of sp³-hybridized carbons (Fsp3) is 0.583. The van der Waals surface area contributed by atoms with E-state index in [1.165, 1.54) is 0 Å². The second-order valence-electron chi connectivity index (χ2n) is 2.90. The van der Waals surface area contributed by atoms with Gasteiger partial charge in [-0.15, -0.1) is 5.73 Å². The van der Waals surface area contributed by atoms with Crippen molar-refractivity contribution in [2.75, 3.05) is 0 Å². The molecule has 0 aromatic carbocycles. The van der Waals surface area contributed by atoms with Gasteiger partial charge in [0.15, 0.2) is 0 Å². The first-order valence-corrected chi connectivity index (χ1v) is 4.89. The second kappa shape index (κ2) is 9.13. The minimum absolute atomic E-state index is 0.478. The fourth-order valence-electron chi connectivity index (χ4n) is 0.812. The molecular weight excluding hydrogens is 160 g/mol. The third-order valence-corrected chi connectivity index (χ3v) is 1.52. The van der Waals surface area contributed by atoms with Gasteiger partial charge in [0, 0.05) is 6.08 Å². The summed E-state index contributed by atoms with van der Waals surface area (Å²) in [6, 6.07) is 0. The molecule has 1 unspecified atom stereocenters. The van der Waals surface area contributed by atoms with Crippen LogP contribution in [-0.4, -0.2) is 11.2 Å². The van der Waals surface area contributed by atoms with Gasteiger partial charge < -0.3 is 5.11 Å². The lowest BCUT2D eigenvalue weighted by molar-refractivity contribution is 0.221. The number of hydrogen-bond donors (Lipinski definition) is 1. The summed E-state index contributed by atoms with van der Waals surface area (Å²) in [6.45, 7) is 4.15. The molecule has 0 rings (SSSR count). The van der Waals surface area contributed by atoms with Crippen LogP contribution in [-0.2, 0) is 0 Å². The van der Waals surface area contributed by atoms with Crippen LogP contribution in [0.2, 0.25) is 0 Å². The summed E-state index contributed by atoms with van der Waals surface area (Å²) in [5, 5.41) is 9.22. The maximum absolute atomic E-state index is 9.22. The summed E-state index contributed by atoms with van der Waals surface area (Å²) >= 11 is 0. The van der Waals surface area contributed by atoms with Crippen LogP contribution in [0.5, 0.6) is 0 Å². The molecule has 13 heavy (non-hydrogen) atoms. The molecule has 1 N–H and O–H groups in total. The fourth-order valence-corrected chi connectivity index (χ4v) is 0.812. The first-order chi connectivity index (χ1) is 6.31. The average Bonchev–Trinajstić information content (AvgIpc) is 2.11. The van der Waals surface area contributed by atoms with Gasteiger partial charge in [-0.3, -0.25) is 0 Å². The van der Waals surface area contributed by atoms with Crippen molar-refractivity contribution in [3.63, 3.8) is 0 Å². The normalized spacial score (nSPS) is 10.7. The number of aliphatic hydroxyl groups is 1. The zero-order chi connectivity index (χ0) is 9.94. The summed E-state index contributed by atoms with van der Waals surface area (Å²) in [7, 11) is 0. The van der Waals surface area contributed by atoms with E-state index in [1.54, 1.807) is 6.08 Å². The maximum Gasteiger partial charge on any atom is 0.115 e. The van der Waals surface area contributed by atoms with Gasteiger partial charge in [0.05, 0.1) is 0 Å². The molecule has 0 heterocycles. The molecule has 72 valence electrons. The highest BCUT2D eigenvalue weighted by Crippen LogP contribution is 1.92. The monoisotopic (exact) mass is 178 g/mol. The number of unbranched alkanes of at least 4 members (excludes halogenated alkanes) is 1. The molecule has 0 aliphatic carbocycles. The Hall–Kier alpha value is -0.960. The smallest absolute Gasteiger partial charge is 0.115 e. The highest BCUT2D eigenvalue weighted by atomic mass is 16.3. The molecule has 0 aliphatic rings. The molecule has 0 fully saturated rings. The van der Waals surface area contributed by atoms with Crippen LogP contribution < -0.4 is 0 Å². The van der Waals surface area contributed by atoms with E-state index in [4.69, 9.17) is 0 Å². The van der Waals surface area contributed by atoms with Crippen molar-refractivity contribution in [1.29, 1.82) is 0 Å². The van der Waals surface area contributed by atoms with Gasteiger partial charge >= 0.3 is 0 Å². The third kappa shape index (κ3) is 8.95. The van der Waals surface area contributed by atoms with Crippen molar-refractivity contribution in [2.24, 2.45) is 0 Å². The van der Waals surface area contributed by atoms with E-state index in [1.807, 2.05) is 13.0 Å². The number of allylic oxidation sites excluding steroid dienone is 1. The number of hydrogen-bond acceptors (Lipinski definition) is 1. The molecule has 0 spiro atoms. The van der Waals surface area contributed by atoms with E-state index >= 15 is 0 Å². The first kappa shape index (κ1) is 12.0. The zero-order valence-corrected chi connectivity index (χ0v) is 8.51. The van der Waals surface area contributed by atoms with Crippen molar-refractivity contribution in [3.05, 3.63) is 17.9 Å². The van der Waals surface area contributed by atoms with Crippen molar-refractivity contribution >= 4 is 0 Å². The van der Waals surface area contributed by atoms with E-state index in [9.17, 15) is 5.11 Å². The van der Waals surface area contributed by atoms with Gasteiger partial charge in [-0.2, -0.15) is 0 Å². The zero-order valence-electron chi connectivity index (χ0n) is 8.51. The minimum atomic E-state index is -0.478. The Labute approximate surface area is 81.2 Å². The van der Waals surface area contributed by atoms with E-state index in [-0.39, 0.29) is 0 Å². The van der Waals surface area contributed by atoms with E-state index in [2.05, 4.69) is 24.5 Å². The lowest BCUT2D eigenvalue weighted by Crippen LogP contribution is -2.00. The van der Waals surface area contributed by atoms with Crippen molar-refractivity contribution < 1.29 is 5.11 Å². The molecule has 0 aromatic heterocycles. The highest BCUT2D eigenvalue weighted by molar-refractivity contribution is 5.17. The lowest BCUT2D eigenvalue weighted by Gasteiger charge is -1.96. The van der Waals surface area contributed by atoms with Crippen molar-refractivity contribution in [1.82, 2.24) is 0 Å². The Morgan fingerprint density at radius 3 is 2.69 bits per heavy atom. The molecule has 0 aliphatic heterocycles. The quantitative estimate of drug-likeness (QED) is 0.518. The number of aliphatic hydroxyl groups excluding tert-OH is 1. The Balaban J connectivity index is 3.76. The van der Waals surface area contributed by atoms with Crippen molar-refractivity contribution in [2.45, 2.75) is 45.6 Å². The van der Waals surface area contributed by atoms with Crippen LogP contribution in [0, 0.1) is 11.8 Å². The molecule has 0 aromatic rings. The molecular formula is C12H18O. The van der Waals surface area contributed by atoms with Crippen LogP contribution in [0.1, 0.15) is 39.5 Å². The Bertz CT molecular complexity index is 223. The summed E-state index contributed by atoms with van der Waals surface area (Å²) in [6.07, 6.45) is 7.03. The lowest BCUT2D eigenvalue weighted by atomic mass is 10.2. The predicted molar refractivity (Wildman–Crippen MR) is 56.3 cm³/mol. The summed E-state index contributed by atoms with van der Waals surface area (Å²) < 4.78 is 0. The van der Waals surface area contributed by atoms with Gasteiger partial charge in [-0.05, 0) is 18.9 Å². The standard InChI is InChI=1S/C12H18O/c1-3-5-6-7-8-9-11-12(13)10-4-2/h6,8,12-13H,3-5,10H2,1-2H3. The van der Waals surface area contributed by atoms with E-state index in [0.29, 0.717) is 0 Å². The van der Waals surface area contributed by atoms with Crippen LogP contribution >= 0.6 is 0 Å². The van der Waals surface area contributed by atoms with Crippen LogP contribution in [0.25, 0.3) is 0 Å². The Morgan fingerprint density at radius 2 is 2.08 bits per heavy atom. The second-order valence-corrected chi connectivity index (χ2v) is 2.90. The Morgan fingerprint density at radius 1 is 1.31 bits per heavy atom. The van der Waals surface area contributed by atoms with Gasteiger partial charge in [0.1, 0.15) is 6.10 Å². The van der Waals surface area contributed by atoms with Gasteiger partial charge in [0.25, 0.3) is 0 Å². The maximum atomic E-state index is 9.22. The summed E-state index contributed by atoms with van der Waals surface area (Å²) in [5.74, 6) is 5.49. The largest absolute Gasteiger partial charge is 0.380 e. The minimum Gasteiger partial charge on any atom is -0.380 e. The molecule has 1 nitrogen and oxygen atoms in total. The van der Waals surface area contributed by atoms with Gasteiger partial charge in [0.2, 0.25) is 0 Å². The Kier molecular flexibility index (Phi) is 8.46. The highest BCUT2D eigenvalue weighted by Gasteiger charge is 1.92. The third-order valence-electron chi connectivity index (χ3n) is 1.52. The summed E-state index contributed by atoms with van der Waals surface area (Å²) in [4.78, 5) is 0. The van der Waals surface area contributed by atoms with Gasteiger partial charge in [-0.25, -0.2) is 0 Å². The van der Waals surface area contributed by atoms with Crippen molar-refractivity contribution in [3.8, 4) is 11.8 Å². The molecule has 0 bridgehead atoms. The number of rotatable bonds is 4. The first-order valence-electron chi connectivity index (χ1n) is 4.89. The topological polar surface area (TPSA) is 20.2 Å². The SMILES string of the molecule is CCCC=C=CC#CC(O)CCC. The molecule has 1 atom stereocenters. The molecule has 0 saturated carbocycles. The van der Waals surface area contributed by atoms with Crippen LogP contribution in [0.15, 0.2) is 17.9 Å². The molecule has 0 amide bonds. The molecule has 1 heteroatoms. The predicted octanol–water partition coefficient (Wildman–Crippen LogP) is 2.66. The molecule has 0 radical (unpaired) electrons. The van der Waals surface area contributed by atoms with Gasteiger partial charge in [-0.1, -0.05) is 38.5 Å². The van der Waals surface area contributed by atoms with Crippen LogP contribution in [0.4, 0.5) is 0 Å². The summed E-state index contributed by atoms with van der Waals surface area (Å²) in [5.41, 5.74) is 2.95. The van der Waals surface area contributed by atoms with E-state index in [0.717, 1.165) is 25.7 Å². The van der Waals surface area contributed by atoms with Crippen LogP contribution in [0.3, 0.4) is 0 Å². The average molecular weight is 178 g/mol. The van der Waals surface area contributed by atoms with E-state index < -0.39 is 6.10 Å². The molecule has 0 saturated heterocycles.